The monoisotopic (exact) mass is 416 g/mol. The summed E-state index contributed by atoms with van der Waals surface area (Å²) in [4.78, 5) is 26.9. The third-order valence-corrected chi connectivity index (χ3v) is 6.64. The Morgan fingerprint density at radius 1 is 1.07 bits per heavy atom. The molecule has 1 aromatic rings. The van der Waals surface area contributed by atoms with Crippen molar-refractivity contribution in [2.45, 2.75) is 63.1 Å². The second-order valence-corrected chi connectivity index (χ2v) is 8.57. The van der Waals surface area contributed by atoms with Crippen LogP contribution < -0.4 is 5.32 Å². The van der Waals surface area contributed by atoms with Gasteiger partial charge in [-0.3, -0.25) is 9.59 Å². The van der Waals surface area contributed by atoms with Crippen molar-refractivity contribution in [3.05, 3.63) is 29.8 Å². The minimum absolute atomic E-state index is 0.0126. The number of aliphatic hydroxyl groups excluding tert-OH is 1. The molecule has 2 amide bonds. The van der Waals surface area contributed by atoms with Gasteiger partial charge in [0.2, 0.25) is 11.8 Å². The minimum Gasteiger partial charge on any atom is -0.394 e. The molecule has 2 atom stereocenters. The van der Waals surface area contributed by atoms with Gasteiger partial charge < -0.3 is 24.8 Å². The topological polar surface area (TPSA) is 88.1 Å². The van der Waals surface area contributed by atoms with E-state index in [0.717, 1.165) is 49.8 Å². The standard InChI is InChI=1S/C23H32N2O5/c26-14-20-22(30-15-21(27)25(20)19-10-12-29-13-11-19)16-6-8-18(9-7-16)24-23(28)17-4-2-1-3-5-17/h6-9,17,19-20,22,26H,1-5,10-15H2,(H,24,28)/t20-,22-/m1/s1. The molecule has 2 N–H and O–H groups in total. The highest BCUT2D eigenvalue weighted by molar-refractivity contribution is 5.92. The molecular formula is C23H32N2O5. The number of hydrogen-bond donors (Lipinski definition) is 2. The fraction of sp³-hybridized carbons (Fsp3) is 0.652. The lowest BCUT2D eigenvalue weighted by Crippen LogP contribution is -2.57. The highest BCUT2D eigenvalue weighted by Crippen LogP contribution is 2.33. The van der Waals surface area contributed by atoms with E-state index in [1.807, 2.05) is 29.2 Å². The van der Waals surface area contributed by atoms with Gasteiger partial charge in [0.1, 0.15) is 12.7 Å². The van der Waals surface area contributed by atoms with E-state index in [1.165, 1.54) is 6.42 Å². The maximum atomic E-state index is 12.6. The maximum absolute atomic E-state index is 12.6. The van der Waals surface area contributed by atoms with E-state index in [9.17, 15) is 14.7 Å². The van der Waals surface area contributed by atoms with Crippen LogP contribution >= 0.6 is 0 Å². The Balaban J connectivity index is 1.44. The molecular weight excluding hydrogens is 384 g/mol. The van der Waals surface area contributed by atoms with Gasteiger partial charge in [-0.25, -0.2) is 0 Å². The number of nitrogens with zero attached hydrogens (tertiary/aromatic N) is 1. The molecule has 2 heterocycles. The quantitative estimate of drug-likeness (QED) is 0.771. The van der Waals surface area contributed by atoms with Crippen molar-refractivity contribution in [2.24, 2.45) is 5.92 Å². The summed E-state index contributed by atoms with van der Waals surface area (Å²) in [6, 6.07) is 7.25. The third kappa shape index (κ3) is 4.68. The molecule has 7 heteroatoms. The first-order valence-corrected chi connectivity index (χ1v) is 11.2. The lowest BCUT2D eigenvalue weighted by atomic mass is 9.88. The van der Waals surface area contributed by atoms with Gasteiger partial charge in [0.25, 0.3) is 0 Å². The molecule has 4 rings (SSSR count). The zero-order chi connectivity index (χ0) is 20.9. The summed E-state index contributed by atoms with van der Waals surface area (Å²) in [7, 11) is 0. The van der Waals surface area contributed by atoms with E-state index in [1.54, 1.807) is 0 Å². The lowest BCUT2D eigenvalue weighted by Gasteiger charge is -2.45. The number of ether oxygens (including phenoxy) is 2. The van der Waals surface area contributed by atoms with Crippen molar-refractivity contribution in [1.29, 1.82) is 0 Å². The molecule has 3 aliphatic rings. The zero-order valence-corrected chi connectivity index (χ0v) is 17.4. The number of rotatable bonds is 5. The second-order valence-electron chi connectivity index (χ2n) is 8.57. The number of carbonyl (C=O) groups is 2. The van der Waals surface area contributed by atoms with Gasteiger partial charge in [-0.1, -0.05) is 31.4 Å². The summed E-state index contributed by atoms with van der Waals surface area (Å²) in [5.41, 5.74) is 1.66. The van der Waals surface area contributed by atoms with Gasteiger partial charge in [-0.05, 0) is 43.4 Å². The van der Waals surface area contributed by atoms with Crippen molar-refractivity contribution >= 4 is 17.5 Å². The number of nitrogens with one attached hydrogen (secondary N) is 1. The van der Waals surface area contributed by atoms with Crippen molar-refractivity contribution in [3.63, 3.8) is 0 Å². The average molecular weight is 417 g/mol. The van der Waals surface area contributed by atoms with Gasteiger partial charge in [0.05, 0.1) is 12.6 Å². The van der Waals surface area contributed by atoms with Gasteiger partial charge >= 0.3 is 0 Å². The Kier molecular flexibility index (Phi) is 7.02. The summed E-state index contributed by atoms with van der Waals surface area (Å²) in [6.45, 7) is 1.12. The number of amides is 2. The summed E-state index contributed by atoms with van der Waals surface area (Å²) in [5, 5.41) is 13.1. The van der Waals surface area contributed by atoms with Crippen LogP contribution in [0.4, 0.5) is 5.69 Å². The molecule has 0 radical (unpaired) electrons. The van der Waals surface area contributed by atoms with Crippen molar-refractivity contribution in [3.8, 4) is 0 Å². The van der Waals surface area contributed by atoms with Crippen molar-refractivity contribution in [1.82, 2.24) is 4.90 Å². The Bertz CT molecular complexity index is 726. The molecule has 1 aromatic carbocycles. The van der Waals surface area contributed by atoms with Crippen LogP contribution in [0.3, 0.4) is 0 Å². The first kappa shape index (κ1) is 21.3. The van der Waals surface area contributed by atoms with Gasteiger partial charge in [0, 0.05) is 30.9 Å². The molecule has 164 valence electrons. The normalized spacial score (nSPS) is 26.6. The number of anilines is 1. The van der Waals surface area contributed by atoms with E-state index in [2.05, 4.69) is 5.32 Å². The van der Waals surface area contributed by atoms with Crippen LogP contribution in [0.1, 0.15) is 56.6 Å². The Morgan fingerprint density at radius 3 is 2.43 bits per heavy atom. The molecule has 0 aromatic heterocycles. The molecule has 2 aliphatic heterocycles. The smallest absolute Gasteiger partial charge is 0.249 e. The zero-order valence-electron chi connectivity index (χ0n) is 17.4. The average Bonchev–Trinajstić information content (AvgIpc) is 2.80. The Morgan fingerprint density at radius 2 is 1.77 bits per heavy atom. The third-order valence-electron chi connectivity index (χ3n) is 6.64. The van der Waals surface area contributed by atoms with Crippen LogP contribution in [0.2, 0.25) is 0 Å². The Labute approximate surface area is 177 Å². The summed E-state index contributed by atoms with van der Waals surface area (Å²) in [5.74, 6) is 0.132. The van der Waals surface area contributed by atoms with E-state index in [0.29, 0.717) is 13.2 Å². The summed E-state index contributed by atoms with van der Waals surface area (Å²) < 4.78 is 11.3. The van der Waals surface area contributed by atoms with Gasteiger partial charge in [-0.2, -0.15) is 0 Å². The summed E-state index contributed by atoms with van der Waals surface area (Å²) >= 11 is 0. The molecule has 30 heavy (non-hydrogen) atoms. The SMILES string of the molecule is O=C(Nc1ccc([C@H]2OCC(=O)N(C3CCOCC3)[C@@H]2CO)cc1)C1CCCCC1. The van der Waals surface area contributed by atoms with Crippen LogP contribution in [0.25, 0.3) is 0 Å². The predicted molar refractivity (Wildman–Crippen MR) is 112 cm³/mol. The molecule has 2 saturated heterocycles. The van der Waals surface area contributed by atoms with E-state index in [4.69, 9.17) is 9.47 Å². The number of aliphatic hydroxyl groups is 1. The number of morpholine rings is 1. The fourth-order valence-electron chi connectivity index (χ4n) is 4.98. The molecule has 1 aliphatic carbocycles. The van der Waals surface area contributed by atoms with Crippen LogP contribution in [-0.4, -0.2) is 60.3 Å². The van der Waals surface area contributed by atoms with Crippen LogP contribution in [0.5, 0.6) is 0 Å². The summed E-state index contributed by atoms with van der Waals surface area (Å²) in [6.07, 6.45) is 6.57. The van der Waals surface area contributed by atoms with E-state index < -0.39 is 12.1 Å². The van der Waals surface area contributed by atoms with E-state index in [-0.39, 0.29) is 37.0 Å². The lowest BCUT2D eigenvalue weighted by molar-refractivity contribution is -0.168. The van der Waals surface area contributed by atoms with E-state index >= 15 is 0 Å². The fourth-order valence-corrected chi connectivity index (χ4v) is 4.98. The van der Waals surface area contributed by atoms with Gasteiger partial charge in [-0.15, -0.1) is 0 Å². The molecule has 0 bridgehead atoms. The number of benzene rings is 1. The van der Waals surface area contributed by atoms with Gasteiger partial charge in [0.15, 0.2) is 0 Å². The number of carbonyl (C=O) groups excluding carboxylic acids is 2. The molecule has 0 spiro atoms. The first-order valence-electron chi connectivity index (χ1n) is 11.2. The van der Waals surface area contributed by atoms with Crippen LogP contribution in [0.15, 0.2) is 24.3 Å². The van der Waals surface area contributed by atoms with Crippen molar-refractivity contribution < 1.29 is 24.2 Å². The highest BCUT2D eigenvalue weighted by Gasteiger charge is 2.41. The largest absolute Gasteiger partial charge is 0.394 e. The molecule has 0 unspecified atom stereocenters. The van der Waals surface area contributed by atoms with Crippen LogP contribution in [-0.2, 0) is 19.1 Å². The molecule has 7 nitrogen and oxygen atoms in total. The first-order chi connectivity index (χ1) is 14.7. The minimum atomic E-state index is -0.419. The van der Waals surface area contributed by atoms with Crippen molar-refractivity contribution in [2.75, 3.05) is 31.7 Å². The maximum Gasteiger partial charge on any atom is 0.249 e. The number of hydrogen-bond acceptors (Lipinski definition) is 5. The Hall–Kier alpha value is -1.96. The predicted octanol–water partition coefficient (Wildman–Crippen LogP) is 2.65. The second kappa shape index (κ2) is 9.90. The van der Waals surface area contributed by atoms with Crippen LogP contribution in [0, 0.1) is 5.92 Å². The highest BCUT2D eigenvalue weighted by atomic mass is 16.5. The molecule has 3 fully saturated rings. The molecule has 1 saturated carbocycles.